The van der Waals surface area contributed by atoms with Crippen molar-refractivity contribution in [2.75, 3.05) is 6.61 Å². The predicted octanol–water partition coefficient (Wildman–Crippen LogP) is -0.674. The van der Waals surface area contributed by atoms with Gasteiger partial charge in [-0.05, 0) is 0 Å². The molecule has 1 rings (SSSR count). The molecule has 0 aromatic heterocycles. The van der Waals surface area contributed by atoms with Crippen molar-refractivity contribution < 1.29 is 40.8 Å². The van der Waals surface area contributed by atoms with Gasteiger partial charge in [-0.15, -0.1) is 0 Å². The van der Waals surface area contributed by atoms with E-state index >= 15 is 0 Å². The SMILES string of the molecule is O=C1OCCC1OC(=O)C(F)(F)S(=O)(=O)O. The zero-order valence-electron chi connectivity index (χ0n) is 7.55. The number of esters is 2. The number of rotatable bonds is 3. The molecule has 0 radical (unpaired) electrons. The topological polar surface area (TPSA) is 107 Å². The number of carbonyl (C=O) groups excluding carboxylic acids is 2. The second kappa shape index (κ2) is 3.94. The van der Waals surface area contributed by atoms with Gasteiger partial charge in [-0.1, -0.05) is 0 Å². The fourth-order valence-corrected chi connectivity index (χ4v) is 1.15. The maximum Gasteiger partial charge on any atom is 0.465 e. The van der Waals surface area contributed by atoms with Gasteiger partial charge in [-0.2, -0.15) is 17.2 Å². The lowest BCUT2D eigenvalue weighted by molar-refractivity contribution is -0.172. The maximum atomic E-state index is 12.6. The summed E-state index contributed by atoms with van der Waals surface area (Å²) in [5.74, 6) is -3.56. The molecule has 0 bridgehead atoms. The van der Waals surface area contributed by atoms with E-state index in [-0.39, 0.29) is 13.0 Å². The average molecular weight is 260 g/mol. The van der Waals surface area contributed by atoms with Crippen LogP contribution in [0.4, 0.5) is 8.78 Å². The van der Waals surface area contributed by atoms with Crippen molar-refractivity contribution in [3.63, 3.8) is 0 Å². The number of alkyl halides is 2. The Morgan fingerprint density at radius 3 is 2.50 bits per heavy atom. The first kappa shape index (κ1) is 12.8. The Balaban J connectivity index is 2.76. The summed E-state index contributed by atoms with van der Waals surface area (Å²) in [6, 6.07) is 0. The maximum absolute atomic E-state index is 12.6. The van der Waals surface area contributed by atoms with E-state index in [0.717, 1.165) is 0 Å². The number of hydrogen-bond donors (Lipinski definition) is 1. The van der Waals surface area contributed by atoms with Crippen LogP contribution in [0.2, 0.25) is 0 Å². The predicted molar refractivity (Wildman–Crippen MR) is 42.0 cm³/mol. The molecule has 0 saturated carbocycles. The Labute approximate surface area is 88.1 Å². The molecule has 1 aliphatic heterocycles. The second-order valence-electron chi connectivity index (χ2n) is 2.84. The first-order valence-electron chi connectivity index (χ1n) is 3.89. The van der Waals surface area contributed by atoms with Gasteiger partial charge in [0, 0.05) is 6.42 Å². The van der Waals surface area contributed by atoms with Crippen LogP contribution in [0.25, 0.3) is 0 Å². The Bertz CT molecular complexity index is 415. The van der Waals surface area contributed by atoms with Crippen LogP contribution in [0.3, 0.4) is 0 Å². The molecule has 0 aromatic rings. The first-order valence-corrected chi connectivity index (χ1v) is 5.33. The fraction of sp³-hybridized carbons (Fsp3) is 0.667. The molecular weight excluding hydrogens is 254 g/mol. The van der Waals surface area contributed by atoms with Gasteiger partial charge in [0.1, 0.15) is 0 Å². The zero-order valence-corrected chi connectivity index (χ0v) is 8.37. The molecule has 92 valence electrons. The fourth-order valence-electron chi connectivity index (χ4n) is 0.888. The molecule has 0 aliphatic carbocycles. The molecular formula is C6H6F2O7S. The molecule has 1 fully saturated rings. The Morgan fingerprint density at radius 2 is 2.12 bits per heavy atom. The molecule has 1 atom stereocenters. The van der Waals surface area contributed by atoms with Crippen LogP contribution in [-0.2, 0) is 29.2 Å². The molecule has 1 heterocycles. The minimum atomic E-state index is -5.92. The van der Waals surface area contributed by atoms with E-state index in [2.05, 4.69) is 9.47 Å². The van der Waals surface area contributed by atoms with Crippen LogP contribution in [0.1, 0.15) is 6.42 Å². The summed E-state index contributed by atoms with van der Waals surface area (Å²) in [5.41, 5.74) is 0. The minimum absolute atomic E-state index is 0.117. The normalized spacial score (nSPS) is 21.7. The third-order valence-corrected chi connectivity index (χ3v) is 2.51. The molecule has 1 saturated heterocycles. The van der Waals surface area contributed by atoms with Gasteiger partial charge in [0.25, 0.3) is 0 Å². The molecule has 0 amide bonds. The lowest BCUT2D eigenvalue weighted by atomic mass is 10.3. The van der Waals surface area contributed by atoms with Crippen LogP contribution in [0, 0.1) is 0 Å². The van der Waals surface area contributed by atoms with Crippen molar-refractivity contribution in [1.82, 2.24) is 0 Å². The average Bonchev–Trinajstić information content (AvgIpc) is 2.49. The monoisotopic (exact) mass is 260 g/mol. The van der Waals surface area contributed by atoms with Crippen molar-refractivity contribution in [1.29, 1.82) is 0 Å². The molecule has 7 nitrogen and oxygen atoms in total. The zero-order chi connectivity index (χ0) is 12.6. The summed E-state index contributed by atoms with van der Waals surface area (Å²) in [7, 11) is -5.92. The van der Waals surface area contributed by atoms with Gasteiger partial charge in [0.05, 0.1) is 6.61 Å². The molecule has 0 aromatic carbocycles. The van der Waals surface area contributed by atoms with E-state index in [1.54, 1.807) is 0 Å². The molecule has 1 unspecified atom stereocenters. The van der Waals surface area contributed by atoms with Gasteiger partial charge in [-0.3, -0.25) is 4.55 Å². The third-order valence-electron chi connectivity index (χ3n) is 1.70. The van der Waals surface area contributed by atoms with Crippen LogP contribution in [-0.4, -0.2) is 42.9 Å². The smallest absolute Gasteiger partial charge is 0.463 e. The van der Waals surface area contributed by atoms with E-state index in [1.165, 1.54) is 0 Å². The summed E-state index contributed by atoms with van der Waals surface area (Å²) in [5, 5.41) is -5.10. The number of cyclic esters (lactones) is 1. The van der Waals surface area contributed by atoms with Crippen molar-refractivity contribution in [3.05, 3.63) is 0 Å². The summed E-state index contributed by atoms with van der Waals surface area (Å²) in [4.78, 5) is 21.4. The van der Waals surface area contributed by atoms with Crippen LogP contribution in [0.15, 0.2) is 0 Å². The highest BCUT2D eigenvalue weighted by atomic mass is 32.2. The number of halogens is 2. The molecule has 16 heavy (non-hydrogen) atoms. The van der Waals surface area contributed by atoms with Crippen LogP contribution in [0.5, 0.6) is 0 Å². The highest BCUT2D eigenvalue weighted by Gasteiger charge is 2.55. The number of hydrogen-bond acceptors (Lipinski definition) is 6. The Kier molecular flexibility index (Phi) is 3.15. The summed E-state index contributed by atoms with van der Waals surface area (Å²) >= 11 is 0. The Hall–Kier alpha value is -1.29. The lowest BCUT2D eigenvalue weighted by Crippen LogP contribution is -2.41. The van der Waals surface area contributed by atoms with E-state index in [1.807, 2.05) is 0 Å². The third kappa shape index (κ3) is 2.27. The summed E-state index contributed by atoms with van der Waals surface area (Å²) in [6.07, 6.45) is -1.72. The van der Waals surface area contributed by atoms with E-state index in [0.29, 0.717) is 0 Å². The molecule has 0 spiro atoms. The molecule has 10 heteroatoms. The lowest BCUT2D eigenvalue weighted by Gasteiger charge is -2.13. The van der Waals surface area contributed by atoms with E-state index < -0.39 is 33.4 Å². The summed E-state index contributed by atoms with van der Waals surface area (Å²) < 4.78 is 61.8. The number of carbonyl (C=O) groups is 2. The minimum Gasteiger partial charge on any atom is -0.463 e. The first-order chi connectivity index (χ1) is 7.16. The Morgan fingerprint density at radius 1 is 1.56 bits per heavy atom. The molecule has 1 aliphatic rings. The van der Waals surface area contributed by atoms with E-state index in [9.17, 15) is 26.8 Å². The van der Waals surface area contributed by atoms with Gasteiger partial charge in [0.2, 0.25) is 6.10 Å². The van der Waals surface area contributed by atoms with E-state index in [4.69, 9.17) is 4.55 Å². The molecule has 1 N–H and O–H groups in total. The van der Waals surface area contributed by atoms with Crippen molar-refractivity contribution >= 4 is 22.1 Å². The van der Waals surface area contributed by atoms with Gasteiger partial charge in [0.15, 0.2) is 0 Å². The second-order valence-corrected chi connectivity index (χ2v) is 4.30. The van der Waals surface area contributed by atoms with Crippen LogP contribution >= 0.6 is 0 Å². The summed E-state index contributed by atoms with van der Waals surface area (Å²) in [6.45, 7) is -0.117. The number of ether oxygens (including phenoxy) is 2. The highest BCUT2D eigenvalue weighted by molar-refractivity contribution is 7.87. The van der Waals surface area contributed by atoms with Crippen molar-refractivity contribution in [2.24, 2.45) is 0 Å². The van der Waals surface area contributed by atoms with Crippen LogP contribution < -0.4 is 0 Å². The van der Waals surface area contributed by atoms with Gasteiger partial charge < -0.3 is 9.47 Å². The van der Waals surface area contributed by atoms with Gasteiger partial charge >= 0.3 is 27.3 Å². The quantitative estimate of drug-likeness (QED) is 0.529. The van der Waals surface area contributed by atoms with Crippen molar-refractivity contribution in [3.8, 4) is 0 Å². The van der Waals surface area contributed by atoms with Gasteiger partial charge in [-0.25, -0.2) is 9.59 Å². The van der Waals surface area contributed by atoms with Crippen molar-refractivity contribution in [2.45, 2.75) is 17.8 Å². The largest absolute Gasteiger partial charge is 0.465 e. The highest BCUT2D eigenvalue weighted by Crippen LogP contribution is 2.24. The standard InChI is InChI=1S/C6H6F2O7S/c7-6(8,16(11,12)13)5(10)15-3-1-2-14-4(3)9/h3H,1-2H2,(H,11,12,13).